The largest absolute Gasteiger partial charge is 0.325 e. The third-order valence-electron chi connectivity index (χ3n) is 3.40. The van der Waals surface area contributed by atoms with Crippen molar-refractivity contribution in [2.75, 3.05) is 5.32 Å². The zero-order valence-electron chi connectivity index (χ0n) is 10.0. The van der Waals surface area contributed by atoms with E-state index in [0.29, 0.717) is 0 Å². The lowest BCUT2D eigenvalue weighted by Gasteiger charge is -2.17. The lowest BCUT2D eigenvalue weighted by molar-refractivity contribution is -0.119. The fourth-order valence-electron chi connectivity index (χ4n) is 2.06. The van der Waals surface area contributed by atoms with Crippen LogP contribution in [0.2, 0.25) is 0 Å². The van der Waals surface area contributed by atoms with Crippen LogP contribution in [0, 0.1) is 0 Å². The molecule has 1 aromatic carbocycles. The normalized spacial score (nSPS) is 19.1. The van der Waals surface area contributed by atoms with E-state index in [1.54, 1.807) is 0 Å². The van der Waals surface area contributed by atoms with Crippen LogP contribution in [0.3, 0.4) is 0 Å². The SMILES string of the molecule is CC[C@@H](N)c1ccc2c(c1)C(C)(C)C(=O)N2. The Morgan fingerprint density at radius 3 is 2.75 bits per heavy atom. The molecule has 1 aliphatic heterocycles. The summed E-state index contributed by atoms with van der Waals surface area (Å²) in [5, 5.41) is 2.89. The highest BCUT2D eigenvalue weighted by Crippen LogP contribution is 2.38. The molecule has 0 saturated heterocycles. The molecule has 0 bridgehead atoms. The second kappa shape index (κ2) is 3.59. The van der Waals surface area contributed by atoms with E-state index < -0.39 is 5.41 Å². The molecule has 16 heavy (non-hydrogen) atoms. The van der Waals surface area contributed by atoms with Crippen LogP contribution in [-0.4, -0.2) is 5.91 Å². The van der Waals surface area contributed by atoms with Gasteiger partial charge in [0.15, 0.2) is 0 Å². The van der Waals surface area contributed by atoms with Crippen molar-refractivity contribution in [2.24, 2.45) is 5.73 Å². The van der Waals surface area contributed by atoms with E-state index in [9.17, 15) is 4.79 Å². The third-order valence-corrected chi connectivity index (χ3v) is 3.40. The van der Waals surface area contributed by atoms with Gasteiger partial charge in [0.2, 0.25) is 5.91 Å². The van der Waals surface area contributed by atoms with Gasteiger partial charge < -0.3 is 11.1 Å². The Hall–Kier alpha value is -1.35. The van der Waals surface area contributed by atoms with Gasteiger partial charge in [0.25, 0.3) is 0 Å². The maximum Gasteiger partial charge on any atom is 0.234 e. The Bertz CT molecular complexity index is 438. The first kappa shape index (κ1) is 11.1. The van der Waals surface area contributed by atoms with Crippen molar-refractivity contribution in [2.45, 2.75) is 38.6 Å². The predicted molar refractivity (Wildman–Crippen MR) is 65.3 cm³/mol. The smallest absolute Gasteiger partial charge is 0.234 e. The molecule has 0 aromatic heterocycles. The topological polar surface area (TPSA) is 55.1 Å². The van der Waals surface area contributed by atoms with Gasteiger partial charge in [-0.05, 0) is 37.5 Å². The van der Waals surface area contributed by atoms with Crippen LogP contribution in [-0.2, 0) is 10.2 Å². The molecule has 0 unspecified atom stereocenters. The predicted octanol–water partition coefficient (Wildman–Crippen LogP) is 2.33. The first-order valence-electron chi connectivity index (χ1n) is 5.68. The van der Waals surface area contributed by atoms with E-state index in [1.165, 1.54) is 0 Å². The average Bonchev–Trinajstić information content (AvgIpc) is 2.49. The number of benzene rings is 1. The fraction of sp³-hybridized carbons (Fsp3) is 0.462. The second-order valence-corrected chi connectivity index (χ2v) is 4.90. The zero-order valence-corrected chi connectivity index (χ0v) is 10.0. The number of carbonyl (C=O) groups excluding carboxylic acids is 1. The minimum absolute atomic E-state index is 0.0526. The summed E-state index contributed by atoms with van der Waals surface area (Å²) >= 11 is 0. The van der Waals surface area contributed by atoms with Crippen LogP contribution in [0.1, 0.15) is 44.4 Å². The average molecular weight is 218 g/mol. The van der Waals surface area contributed by atoms with Crippen molar-refractivity contribution in [3.05, 3.63) is 29.3 Å². The molecule has 1 atom stereocenters. The summed E-state index contributed by atoms with van der Waals surface area (Å²) in [7, 11) is 0. The standard InChI is InChI=1S/C13H18N2O/c1-4-10(14)8-5-6-11-9(7-8)13(2,3)12(16)15-11/h5-7,10H,4,14H2,1-3H3,(H,15,16)/t10-/m1/s1. The molecular formula is C13H18N2O. The molecule has 3 nitrogen and oxygen atoms in total. The Labute approximate surface area is 96.0 Å². The minimum Gasteiger partial charge on any atom is -0.325 e. The van der Waals surface area contributed by atoms with Crippen molar-refractivity contribution >= 4 is 11.6 Å². The Kier molecular flexibility index (Phi) is 2.50. The first-order chi connectivity index (χ1) is 7.46. The number of fused-ring (bicyclic) bond motifs is 1. The summed E-state index contributed by atoms with van der Waals surface area (Å²) in [6.45, 7) is 5.94. The lowest BCUT2D eigenvalue weighted by Crippen LogP contribution is -2.27. The highest BCUT2D eigenvalue weighted by atomic mass is 16.2. The highest BCUT2D eigenvalue weighted by molar-refractivity contribution is 6.05. The molecule has 1 amide bonds. The molecule has 0 fully saturated rings. The van der Waals surface area contributed by atoms with Crippen LogP contribution in [0.4, 0.5) is 5.69 Å². The number of anilines is 1. The van der Waals surface area contributed by atoms with Crippen molar-refractivity contribution in [1.82, 2.24) is 0 Å². The molecule has 0 saturated carbocycles. The van der Waals surface area contributed by atoms with Crippen LogP contribution in [0.15, 0.2) is 18.2 Å². The number of hydrogen-bond donors (Lipinski definition) is 2. The van der Waals surface area contributed by atoms with Crippen LogP contribution >= 0.6 is 0 Å². The van der Waals surface area contributed by atoms with E-state index in [0.717, 1.165) is 23.2 Å². The van der Waals surface area contributed by atoms with Crippen LogP contribution in [0.5, 0.6) is 0 Å². The monoisotopic (exact) mass is 218 g/mol. The molecule has 0 aliphatic carbocycles. The first-order valence-corrected chi connectivity index (χ1v) is 5.68. The van der Waals surface area contributed by atoms with Crippen LogP contribution < -0.4 is 11.1 Å². The molecule has 3 heteroatoms. The summed E-state index contributed by atoms with van der Waals surface area (Å²) in [5.41, 5.74) is 8.64. The van der Waals surface area contributed by atoms with Gasteiger partial charge in [0.05, 0.1) is 5.41 Å². The molecule has 3 N–H and O–H groups in total. The fourth-order valence-corrected chi connectivity index (χ4v) is 2.06. The maximum atomic E-state index is 11.8. The molecular weight excluding hydrogens is 200 g/mol. The summed E-state index contributed by atoms with van der Waals surface area (Å²) in [6, 6.07) is 6.06. The van der Waals surface area contributed by atoms with Gasteiger partial charge >= 0.3 is 0 Å². The van der Waals surface area contributed by atoms with E-state index in [-0.39, 0.29) is 11.9 Å². The van der Waals surface area contributed by atoms with Gasteiger partial charge in [0.1, 0.15) is 0 Å². The zero-order chi connectivity index (χ0) is 11.9. The summed E-state index contributed by atoms with van der Waals surface area (Å²) in [6.07, 6.45) is 0.903. The summed E-state index contributed by atoms with van der Waals surface area (Å²) in [5.74, 6) is 0.0599. The molecule has 2 rings (SSSR count). The third kappa shape index (κ3) is 1.52. The Balaban J connectivity index is 2.48. The summed E-state index contributed by atoms with van der Waals surface area (Å²) < 4.78 is 0. The molecule has 1 aromatic rings. The number of nitrogens with one attached hydrogen (secondary N) is 1. The molecule has 0 radical (unpaired) electrons. The quantitative estimate of drug-likeness (QED) is 0.800. The van der Waals surface area contributed by atoms with Gasteiger partial charge in [-0.25, -0.2) is 0 Å². The molecule has 0 spiro atoms. The van der Waals surface area contributed by atoms with Crippen molar-refractivity contribution < 1.29 is 4.79 Å². The number of nitrogens with two attached hydrogens (primary N) is 1. The number of hydrogen-bond acceptors (Lipinski definition) is 2. The number of rotatable bonds is 2. The number of carbonyl (C=O) groups is 1. The van der Waals surface area contributed by atoms with Gasteiger partial charge in [-0.15, -0.1) is 0 Å². The van der Waals surface area contributed by atoms with Crippen molar-refractivity contribution in [3.8, 4) is 0 Å². The van der Waals surface area contributed by atoms with Gasteiger partial charge in [-0.1, -0.05) is 19.1 Å². The molecule has 1 aliphatic rings. The Morgan fingerprint density at radius 2 is 2.12 bits per heavy atom. The van der Waals surface area contributed by atoms with Crippen molar-refractivity contribution in [3.63, 3.8) is 0 Å². The van der Waals surface area contributed by atoms with Gasteiger partial charge in [-0.3, -0.25) is 4.79 Å². The van der Waals surface area contributed by atoms with Crippen LogP contribution in [0.25, 0.3) is 0 Å². The molecule has 86 valence electrons. The minimum atomic E-state index is -0.446. The van der Waals surface area contributed by atoms with Gasteiger partial charge in [-0.2, -0.15) is 0 Å². The van der Waals surface area contributed by atoms with E-state index in [1.807, 2.05) is 26.0 Å². The summed E-state index contributed by atoms with van der Waals surface area (Å²) in [4.78, 5) is 11.8. The van der Waals surface area contributed by atoms with Gasteiger partial charge in [0, 0.05) is 11.7 Å². The number of amides is 1. The van der Waals surface area contributed by atoms with E-state index in [2.05, 4.69) is 18.3 Å². The lowest BCUT2D eigenvalue weighted by atomic mass is 9.84. The van der Waals surface area contributed by atoms with E-state index in [4.69, 9.17) is 5.73 Å². The van der Waals surface area contributed by atoms with Crippen molar-refractivity contribution in [1.29, 1.82) is 0 Å². The highest BCUT2D eigenvalue weighted by Gasteiger charge is 2.38. The maximum absolute atomic E-state index is 11.8. The molecule has 1 heterocycles. The van der Waals surface area contributed by atoms with E-state index >= 15 is 0 Å². The second-order valence-electron chi connectivity index (χ2n) is 4.90. The Morgan fingerprint density at radius 1 is 1.44 bits per heavy atom.